The van der Waals surface area contributed by atoms with Crippen LogP contribution in [-0.4, -0.2) is 79.3 Å². The van der Waals surface area contributed by atoms with Gasteiger partial charge in [-0.3, -0.25) is 9.58 Å². The number of aromatic amines is 1. The summed E-state index contributed by atoms with van der Waals surface area (Å²) in [5, 5.41) is 18.2. The van der Waals surface area contributed by atoms with Crippen LogP contribution in [0, 0.1) is 17.2 Å². The first kappa shape index (κ1) is 22.3. The molecule has 2 N–H and O–H groups in total. The molecule has 0 spiro atoms. The zero-order chi connectivity index (χ0) is 23.7. The Bertz CT molecular complexity index is 1190. The second-order valence-corrected chi connectivity index (χ2v) is 9.86. The minimum Gasteiger partial charge on any atom is -0.346 e. The Balaban J connectivity index is 1.23. The molecule has 34 heavy (non-hydrogen) atoms. The number of carbonyl (C=O) groups excluding carboxylic acids is 1. The fourth-order valence-electron chi connectivity index (χ4n) is 5.14. The van der Waals surface area contributed by atoms with Gasteiger partial charge in [-0.15, -0.1) is 0 Å². The average Bonchev–Trinajstić information content (AvgIpc) is 3.49. The second-order valence-electron chi connectivity index (χ2n) is 9.86. The summed E-state index contributed by atoms with van der Waals surface area (Å²) in [5.74, 6) is 0.444. The molecule has 0 bridgehead atoms. The first-order chi connectivity index (χ1) is 16.5. The number of aromatic nitrogens is 5. The molecule has 0 aromatic carbocycles. The number of nitriles is 1. The zero-order valence-electron chi connectivity index (χ0n) is 19.7. The van der Waals surface area contributed by atoms with Gasteiger partial charge in [-0.2, -0.15) is 10.4 Å². The summed E-state index contributed by atoms with van der Waals surface area (Å²) in [6.07, 6.45) is 9.43. The molecule has 2 aliphatic rings. The number of fused-ring (bicyclic) bond motifs is 1. The van der Waals surface area contributed by atoms with Crippen LogP contribution in [0.5, 0.6) is 0 Å². The van der Waals surface area contributed by atoms with E-state index in [9.17, 15) is 10.1 Å². The molecule has 2 fully saturated rings. The Kier molecular flexibility index (Phi) is 5.96. The molecule has 1 aliphatic heterocycles. The Hall–Kier alpha value is -3.45. The SMILES string of the molecule is CC(C)CNC(=O)N1CCN(C2CC(CC#N)(n3cc(-c4ncnc5[nH]ccc45)cn3)C2)CC1. The van der Waals surface area contributed by atoms with Crippen LogP contribution in [-0.2, 0) is 5.54 Å². The summed E-state index contributed by atoms with van der Waals surface area (Å²) in [6.45, 7) is 8.08. The number of piperazine rings is 1. The van der Waals surface area contributed by atoms with E-state index in [0.29, 0.717) is 24.9 Å². The van der Waals surface area contributed by atoms with E-state index in [2.05, 4.69) is 50.2 Å². The highest BCUT2D eigenvalue weighted by atomic mass is 16.2. The zero-order valence-corrected chi connectivity index (χ0v) is 19.7. The number of H-pyrrole nitrogens is 1. The maximum absolute atomic E-state index is 12.4. The van der Waals surface area contributed by atoms with Crippen LogP contribution in [0.2, 0.25) is 0 Å². The first-order valence-electron chi connectivity index (χ1n) is 12.0. The minimum atomic E-state index is -0.298. The number of urea groups is 1. The quantitative estimate of drug-likeness (QED) is 0.582. The Morgan fingerprint density at radius 2 is 2.09 bits per heavy atom. The molecule has 2 amide bonds. The monoisotopic (exact) mass is 461 g/mol. The van der Waals surface area contributed by atoms with Gasteiger partial charge in [0.1, 0.15) is 12.0 Å². The number of hydrogen-bond acceptors (Lipinski definition) is 6. The lowest BCUT2D eigenvalue weighted by Gasteiger charge is -2.52. The van der Waals surface area contributed by atoms with Crippen molar-refractivity contribution in [1.29, 1.82) is 5.26 Å². The smallest absolute Gasteiger partial charge is 0.317 e. The van der Waals surface area contributed by atoms with E-state index < -0.39 is 0 Å². The molecular weight excluding hydrogens is 430 g/mol. The van der Waals surface area contributed by atoms with Crippen molar-refractivity contribution in [3.63, 3.8) is 0 Å². The fourth-order valence-corrected chi connectivity index (χ4v) is 5.14. The molecule has 3 aromatic rings. The van der Waals surface area contributed by atoms with Gasteiger partial charge in [-0.1, -0.05) is 13.8 Å². The van der Waals surface area contributed by atoms with Gasteiger partial charge in [0.15, 0.2) is 0 Å². The maximum atomic E-state index is 12.4. The standard InChI is InChI=1S/C24H31N9O/c1-17(2)13-27-23(34)32-9-7-31(8-10-32)19-11-24(12-19,4-5-25)33-15-18(14-30-33)21-20-3-6-26-22(20)29-16-28-21/h3,6,14-17,19H,4,7-13H2,1-2H3,(H,27,34)(H,26,28,29). The third-order valence-electron chi connectivity index (χ3n) is 7.11. The van der Waals surface area contributed by atoms with Crippen molar-refractivity contribution in [3.8, 4) is 17.3 Å². The molecule has 0 radical (unpaired) electrons. The van der Waals surface area contributed by atoms with Crippen molar-refractivity contribution in [2.45, 2.75) is 44.7 Å². The van der Waals surface area contributed by atoms with Gasteiger partial charge in [-0.05, 0) is 24.8 Å². The summed E-state index contributed by atoms with van der Waals surface area (Å²) in [5.41, 5.74) is 2.26. The topological polar surface area (TPSA) is 119 Å². The molecule has 3 aromatic heterocycles. The van der Waals surface area contributed by atoms with Crippen LogP contribution in [0.1, 0.15) is 33.1 Å². The molecule has 1 aliphatic carbocycles. The summed E-state index contributed by atoms with van der Waals surface area (Å²) >= 11 is 0. The van der Waals surface area contributed by atoms with Crippen molar-refractivity contribution in [2.75, 3.05) is 32.7 Å². The van der Waals surface area contributed by atoms with Crippen LogP contribution in [0.15, 0.2) is 31.0 Å². The minimum absolute atomic E-state index is 0.0334. The molecule has 178 valence electrons. The Morgan fingerprint density at radius 3 is 2.82 bits per heavy atom. The Labute approximate surface area is 199 Å². The van der Waals surface area contributed by atoms with Gasteiger partial charge in [0, 0.05) is 62.1 Å². The van der Waals surface area contributed by atoms with E-state index in [1.807, 2.05) is 34.2 Å². The molecule has 1 saturated heterocycles. The van der Waals surface area contributed by atoms with Gasteiger partial charge in [0.05, 0.1) is 29.9 Å². The molecule has 10 nitrogen and oxygen atoms in total. The Morgan fingerprint density at radius 1 is 1.29 bits per heavy atom. The summed E-state index contributed by atoms with van der Waals surface area (Å²) < 4.78 is 1.97. The molecule has 0 atom stereocenters. The van der Waals surface area contributed by atoms with E-state index in [1.54, 1.807) is 6.33 Å². The highest BCUT2D eigenvalue weighted by Crippen LogP contribution is 2.45. The van der Waals surface area contributed by atoms with Crippen molar-refractivity contribution in [1.82, 2.24) is 39.8 Å². The van der Waals surface area contributed by atoms with Gasteiger partial charge < -0.3 is 15.2 Å². The summed E-state index contributed by atoms with van der Waals surface area (Å²) in [7, 11) is 0. The van der Waals surface area contributed by atoms with Crippen LogP contribution >= 0.6 is 0 Å². The number of rotatable bonds is 6. The molecule has 0 unspecified atom stereocenters. The molecule has 1 saturated carbocycles. The average molecular weight is 462 g/mol. The van der Waals surface area contributed by atoms with Crippen molar-refractivity contribution >= 4 is 17.1 Å². The normalized spacial score (nSPS) is 23.1. The largest absolute Gasteiger partial charge is 0.346 e. The van der Waals surface area contributed by atoms with Crippen LogP contribution < -0.4 is 5.32 Å². The van der Waals surface area contributed by atoms with Crippen molar-refractivity contribution in [3.05, 3.63) is 31.0 Å². The molecule has 5 rings (SSSR count). The van der Waals surface area contributed by atoms with E-state index in [1.165, 1.54) is 0 Å². The molecule has 4 heterocycles. The summed E-state index contributed by atoms with van der Waals surface area (Å²) in [6, 6.07) is 4.78. The fraction of sp³-hybridized carbons (Fsp3) is 0.542. The third-order valence-corrected chi connectivity index (χ3v) is 7.11. The lowest BCUT2D eigenvalue weighted by molar-refractivity contribution is -0.0129. The van der Waals surface area contributed by atoms with E-state index in [-0.39, 0.29) is 11.6 Å². The van der Waals surface area contributed by atoms with Crippen molar-refractivity contribution < 1.29 is 4.79 Å². The number of amides is 2. The number of nitrogens with one attached hydrogen (secondary N) is 2. The van der Waals surface area contributed by atoms with Crippen LogP contribution in [0.25, 0.3) is 22.3 Å². The van der Waals surface area contributed by atoms with Crippen LogP contribution in [0.3, 0.4) is 0 Å². The maximum Gasteiger partial charge on any atom is 0.317 e. The first-order valence-corrected chi connectivity index (χ1v) is 12.0. The van der Waals surface area contributed by atoms with E-state index in [0.717, 1.165) is 61.3 Å². The van der Waals surface area contributed by atoms with Gasteiger partial charge >= 0.3 is 6.03 Å². The second kappa shape index (κ2) is 9.06. The lowest BCUT2D eigenvalue weighted by atomic mass is 9.70. The summed E-state index contributed by atoms with van der Waals surface area (Å²) in [4.78, 5) is 28.6. The molecular formula is C24H31N9O. The molecule has 10 heteroatoms. The number of nitrogens with zero attached hydrogens (tertiary/aromatic N) is 7. The van der Waals surface area contributed by atoms with Gasteiger partial charge in [0.2, 0.25) is 0 Å². The van der Waals surface area contributed by atoms with E-state index >= 15 is 0 Å². The predicted octanol–water partition coefficient (Wildman–Crippen LogP) is 2.58. The van der Waals surface area contributed by atoms with Gasteiger partial charge in [0.25, 0.3) is 0 Å². The lowest BCUT2D eigenvalue weighted by Crippen LogP contribution is -2.61. The number of carbonyl (C=O) groups is 1. The van der Waals surface area contributed by atoms with Gasteiger partial charge in [-0.25, -0.2) is 14.8 Å². The van der Waals surface area contributed by atoms with Crippen molar-refractivity contribution in [2.24, 2.45) is 5.92 Å². The highest BCUT2D eigenvalue weighted by Gasteiger charge is 2.49. The third kappa shape index (κ3) is 4.12. The van der Waals surface area contributed by atoms with Crippen LogP contribution in [0.4, 0.5) is 4.79 Å². The van der Waals surface area contributed by atoms with E-state index in [4.69, 9.17) is 0 Å². The number of hydrogen-bond donors (Lipinski definition) is 2. The predicted molar refractivity (Wildman–Crippen MR) is 128 cm³/mol. The highest BCUT2D eigenvalue weighted by molar-refractivity contribution is 5.90.